The first-order valence-electron chi connectivity index (χ1n) is 8.57. The van der Waals surface area contributed by atoms with Gasteiger partial charge in [-0.2, -0.15) is 0 Å². The Balaban J connectivity index is 1.59. The molecule has 0 aromatic heterocycles. The van der Waals surface area contributed by atoms with Crippen molar-refractivity contribution in [3.05, 3.63) is 0 Å². The van der Waals surface area contributed by atoms with Gasteiger partial charge in [-0.05, 0) is 25.8 Å². The maximum Gasteiger partial charge on any atom is 0.238 e. The molecule has 23 heavy (non-hydrogen) atoms. The summed E-state index contributed by atoms with van der Waals surface area (Å²) in [6.07, 6.45) is 1.15. The number of aliphatic hydroxyl groups excluding tert-OH is 1. The van der Waals surface area contributed by atoms with E-state index in [9.17, 15) is 14.7 Å². The van der Waals surface area contributed by atoms with Crippen molar-refractivity contribution in [2.24, 2.45) is 23.0 Å². The van der Waals surface area contributed by atoms with Gasteiger partial charge in [0.1, 0.15) is 5.41 Å². The summed E-state index contributed by atoms with van der Waals surface area (Å²) in [5.41, 5.74) is 4.48. The number of carbonyl (C=O) groups is 2. The molecule has 0 bridgehead atoms. The number of primary amides is 1. The number of carbonyl (C=O) groups excluding carboxylic acids is 2. The lowest BCUT2D eigenvalue weighted by Crippen LogP contribution is -2.47. The largest absolute Gasteiger partial charge is 0.396 e. The monoisotopic (exact) mass is 324 g/mol. The molecular weight excluding hydrogens is 296 g/mol. The number of nitrogens with two attached hydrogens (primary N) is 1. The highest BCUT2D eigenvalue weighted by molar-refractivity contribution is 6.07. The molecule has 3 N–H and O–H groups in total. The van der Waals surface area contributed by atoms with E-state index < -0.39 is 11.3 Å². The number of nitrogens with zero attached hydrogens (tertiary/aromatic N) is 3. The predicted molar refractivity (Wildman–Crippen MR) is 85.4 cm³/mol. The number of piperazine rings is 1. The van der Waals surface area contributed by atoms with Gasteiger partial charge >= 0.3 is 0 Å². The zero-order valence-electron chi connectivity index (χ0n) is 13.9. The molecule has 2 amide bonds. The summed E-state index contributed by atoms with van der Waals surface area (Å²) >= 11 is 0. The van der Waals surface area contributed by atoms with Crippen LogP contribution in [-0.4, -0.2) is 91.1 Å². The molecule has 0 spiro atoms. The maximum absolute atomic E-state index is 12.6. The average Bonchev–Trinajstić information content (AvgIpc) is 3.25. The summed E-state index contributed by atoms with van der Waals surface area (Å²) in [5, 5.41) is 9.68. The van der Waals surface area contributed by atoms with Crippen molar-refractivity contribution in [3.8, 4) is 0 Å². The molecule has 0 aromatic carbocycles. The van der Waals surface area contributed by atoms with Crippen LogP contribution in [0.1, 0.15) is 12.8 Å². The molecule has 7 nitrogen and oxygen atoms in total. The van der Waals surface area contributed by atoms with E-state index in [4.69, 9.17) is 5.73 Å². The van der Waals surface area contributed by atoms with Crippen LogP contribution in [-0.2, 0) is 9.59 Å². The van der Waals surface area contributed by atoms with Crippen LogP contribution in [0.15, 0.2) is 0 Å². The van der Waals surface area contributed by atoms with E-state index in [2.05, 4.69) is 16.8 Å². The van der Waals surface area contributed by atoms with Crippen molar-refractivity contribution in [3.63, 3.8) is 0 Å². The van der Waals surface area contributed by atoms with Crippen LogP contribution in [0.5, 0.6) is 0 Å². The number of rotatable bonds is 5. The van der Waals surface area contributed by atoms with Gasteiger partial charge in [-0.15, -0.1) is 0 Å². The molecule has 1 saturated carbocycles. The molecular formula is C16H28N4O3. The van der Waals surface area contributed by atoms with E-state index in [-0.39, 0.29) is 24.3 Å². The number of hydrogen-bond acceptors (Lipinski definition) is 5. The Morgan fingerprint density at radius 2 is 1.74 bits per heavy atom. The van der Waals surface area contributed by atoms with E-state index in [1.165, 1.54) is 0 Å². The van der Waals surface area contributed by atoms with Gasteiger partial charge in [0.05, 0.1) is 0 Å². The summed E-state index contributed by atoms with van der Waals surface area (Å²) in [4.78, 5) is 30.7. The van der Waals surface area contributed by atoms with Crippen LogP contribution in [0, 0.1) is 17.3 Å². The molecule has 3 aliphatic rings. The SMILES string of the molecule is CN1CCN(CC2CN(C(=O)C3(C(N)=O)CC3)CC2CO)CC1. The van der Waals surface area contributed by atoms with Crippen LogP contribution >= 0.6 is 0 Å². The average molecular weight is 324 g/mol. The van der Waals surface area contributed by atoms with Gasteiger partial charge in [0, 0.05) is 58.3 Å². The first kappa shape index (κ1) is 16.7. The summed E-state index contributed by atoms with van der Waals surface area (Å²) in [7, 11) is 2.13. The molecule has 0 aromatic rings. The van der Waals surface area contributed by atoms with E-state index >= 15 is 0 Å². The standard InChI is InChI=1S/C16H28N4O3/c1-18-4-6-19(7-5-18)8-12-9-20(10-13(12)11-21)15(23)16(2-3-16)14(17)22/h12-13,21H,2-11H2,1H3,(H2,17,22). The lowest BCUT2D eigenvalue weighted by Gasteiger charge is -2.34. The highest BCUT2D eigenvalue weighted by atomic mass is 16.3. The Labute approximate surface area is 137 Å². The fourth-order valence-corrected chi connectivity index (χ4v) is 3.87. The summed E-state index contributed by atoms with van der Waals surface area (Å²) < 4.78 is 0. The minimum Gasteiger partial charge on any atom is -0.396 e. The van der Waals surface area contributed by atoms with Gasteiger partial charge in [-0.3, -0.25) is 9.59 Å². The van der Waals surface area contributed by atoms with Gasteiger partial charge in [0.15, 0.2) is 0 Å². The van der Waals surface area contributed by atoms with Crippen molar-refractivity contribution >= 4 is 11.8 Å². The highest BCUT2D eigenvalue weighted by Gasteiger charge is 2.58. The zero-order chi connectivity index (χ0) is 16.6. The van der Waals surface area contributed by atoms with Crippen LogP contribution in [0.4, 0.5) is 0 Å². The zero-order valence-corrected chi connectivity index (χ0v) is 13.9. The normalized spacial score (nSPS) is 31.3. The van der Waals surface area contributed by atoms with Crippen LogP contribution < -0.4 is 5.73 Å². The molecule has 130 valence electrons. The highest BCUT2D eigenvalue weighted by Crippen LogP contribution is 2.47. The third-order valence-corrected chi connectivity index (χ3v) is 5.82. The molecule has 3 fully saturated rings. The first-order valence-corrected chi connectivity index (χ1v) is 8.57. The van der Waals surface area contributed by atoms with E-state index in [1.54, 1.807) is 4.90 Å². The van der Waals surface area contributed by atoms with Crippen LogP contribution in [0.25, 0.3) is 0 Å². The predicted octanol–water partition coefficient (Wildman–Crippen LogP) is -1.43. The Kier molecular flexibility index (Phi) is 4.62. The van der Waals surface area contributed by atoms with Gasteiger partial charge in [0.2, 0.25) is 11.8 Å². The fraction of sp³-hybridized carbons (Fsp3) is 0.875. The number of likely N-dealkylation sites (N-methyl/N-ethyl adjacent to an activating group) is 1. The van der Waals surface area contributed by atoms with Gasteiger partial charge in [-0.25, -0.2) is 0 Å². The Bertz CT molecular complexity index is 472. The van der Waals surface area contributed by atoms with Gasteiger partial charge in [0.25, 0.3) is 0 Å². The third kappa shape index (κ3) is 3.22. The number of likely N-dealkylation sites (tertiary alicyclic amines) is 1. The van der Waals surface area contributed by atoms with Crippen LogP contribution in [0.2, 0.25) is 0 Å². The van der Waals surface area contributed by atoms with Gasteiger partial charge < -0.3 is 25.5 Å². The molecule has 2 saturated heterocycles. The molecule has 1 aliphatic carbocycles. The second-order valence-corrected chi connectivity index (χ2v) is 7.46. The quantitative estimate of drug-likeness (QED) is 0.605. The van der Waals surface area contributed by atoms with Crippen molar-refractivity contribution in [2.45, 2.75) is 12.8 Å². The Morgan fingerprint density at radius 3 is 2.26 bits per heavy atom. The second kappa shape index (κ2) is 6.37. The lowest BCUT2D eigenvalue weighted by atomic mass is 9.96. The van der Waals surface area contributed by atoms with Crippen molar-refractivity contribution < 1.29 is 14.7 Å². The van der Waals surface area contributed by atoms with Crippen molar-refractivity contribution in [2.75, 3.05) is 59.5 Å². The molecule has 3 rings (SSSR count). The van der Waals surface area contributed by atoms with E-state index in [1.807, 2.05) is 0 Å². The fourth-order valence-electron chi connectivity index (χ4n) is 3.87. The lowest BCUT2D eigenvalue weighted by molar-refractivity contribution is -0.142. The Hall–Kier alpha value is -1.18. The molecule has 2 aliphatic heterocycles. The number of amides is 2. The molecule has 2 atom stereocenters. The molecule has 0 radical (unpaired) electrons. The summed E-state index contributed by atoms with van der Waals surface area (Å²) in [6.45, 7) is 6.36. The van der Waals surface area contributed by atoms with Crippen molar-refractivity contribution in [1.29, 1.82) is 0 Å². The first-order chi connectivity index (χ1) is 11.0. The van der Waals surface area contributed by atoms with Crippen LogP contribution in [0.3, 0.4) is 0 Å². The molecule has 2 unspecified atom stereocenters. The topological polar surface area (TPSA) is 90.1 Å². The van der Waals surface area contributed by atoms with E-state index in [0.717, 1.165) is 32.7 Å². The summed E-state index contributed by atoms with van der Waals surface area (Å²) in [5.74, 6) is -0.242. The smallest absolute Gasteiger partial charge is 0.238 e. The molecule has 2 heterocycles. The van der Waals surface area contributed by atoms with E-state index in [0.29, 0.717) is 25.9 Å². The minimum atomic E-state index is -0.942. The minimum absolute atomic E-state index is 0.0890. The number of aliphatic hydroxyl groups is 1. The summed E-state index contributed by atoms with van der Waals surface area (Å²) in [6, 6.07) is 0. The Morgan fingerprint density at radius 1 is 1.13 bits per heavy atom. The van der Waals surface area contributed by atoms with Gasteiger partial charge in [-0.1, -0.05) is 0 Å². The van der Waals surface area contributed by atoms with Crippen molar-refractivity contribution in [1.82, 2.24) is 14.7 Å². The third-order valence-electron chi connectivity index (χ3n) is 5.82. The number of hydrogen-bond donors (Lipinski definition) is 2. The second-order valence-electron chi connectivity index (χ2n) is 7.46. The maximum atomic E-state index is 12.6. The molecule has 7 heteroatoms.